The fourth-order valence-corrected chi connectivity index (χ4v) is 5.92. The molecule has 9 heteroatoms. The summed E-state index contributed by atoms with van der Waals surface area (Å²) < 4.78 is 34.0. The topological polar surface area (TPSA) is 79.8 Å². The molecule has 7 nitrogen and oxygen atoms in total. The van der Waals surface area contributed by atoms with E-state index in [1.165, 1.54) is 4.31 Å². The number of hydrogen-bond acceptors (Lipinski definition) is 6. The first-order valence-electron chi connectivity index (χ1n) is 10.2. The molecule has 2 aromatic carbocycles. The van der Waals surface area contributed by atoms with E-state index in [4.69, 9.17) is 4.74 Å². The van der Waals surface area contributed by atoms with Gasteiger partial charge in [-0.15, -0.1) is 11.3 Å². The largest absolute Gasteiger partial charge is 0.364 e. The third kappa shape index (κ3) is 5.12. The zero-order chi connectivity index (χ0) is 21.8. The lowest BCUT2D eigenvalue weighted by Gasteiger charge is -2.22. The number of thiazole rings is 1. The van der Waals surface area contributed by atoms with Gasteiger partial charge in [-0.2, -0.15) is 4.31 Å². The summed E-state index contributed by atoms with van der Waals surface area (Å²) in [6, 6.07) is 14.7. The van der Waals surface area contributed by atoms with Gasteiger partial charge in [-0.1, -0.05) is 29.8 Å². The van der Waals surface area contributed by atoms with E-state index in [9.17, 15) is 13.2 Å². The number of nitrogens with zero attached hydrogens (tertiary/aromatic N) is 3. The van der Waals surface area contributed by atoms with Crippen LogP contribution in [0.1, 0.15) is 17.0 Å². The standard InChI is InChI=1S/C22H25N3O4S2/c1-17-7-9-18(10-8-17)31(27,28)25-12-4-11-24(13-14-25)22(26)16-29-15-21-23-19-5-2-3-6-20(19)30-21/h2-3,5-10H,4,11-16H2,1H3. The summed E-state index contributed by atoms with van der Waals surface area (Å²) in [7, 11) is -3.56. The molecule has 0 atom stereocenters. The van der Waals surface area contributed by atoms with Crippen LogP contribution >= 0.6 is 11.3 Å². The molecule has 0 aliphatic carbocycles. The maximum Gasteiger partial charge on any atom is 0.248 e. The van der Waals surface area contributed by atoms with Crippen LogP contribution in [0.4, 0.5) is 0 Å². The monoisotopic (exact) mass is 459 g/mol. The first kappa shape index (κ1) is 21.9. The number of aromatic nitrogens is 1. The second-order valence-electron chi connectivity index (χ2n) is 7.52. The lowest BCUT2D eigenvalue weighted by molar-refractivity contribution is -0.136. The molecule has 1 fully saturated rings. The van der Waals surface area contributed by atoms with Gasteiger partial charge in [0.2, 0.25) is 15.9 Å². The summed E-state index contributed by atoms with van der Waals surface area (Å²) in [6.07, 6.45) is 0.592. The quantitative estimate of drug-likeness (QED) is 0.566. The Morgan fingerprint density at radius 3 is 2.61 bits per heavy atom. The molecule has 1 aliphatic rings. The van der Waals surface area contributed by atoms with Crippen LogP contribution in [0.5, 0.6) is 0 Å². The van der Waals surface area contributed by atoms with E-state index in [2.05, 4.69) is 4.98 Å². The molecule has 1 amide bonds. The van der Waals surface area contributed by atoms with Crippen molar-refractivity contribution in [3.8, 4) is 0 Å². The SMILES string of the molecule is Cc1ccc(S(=O)(=O)N2CCCN(C(=O)COCc3nc4ccccc4s3)CC2)cc1. The molecule has 1 aromatic heterocycles. The minimum Gasteiger partial charge on any atom is -0.364 e. The van der Waals surface area contributed by atoms with Gasteiger partial charge in [-0.3, -0.25) is 4.79 Å². The summed E-state index contributed by atoms with van der Waals surface area (Å²) in [5, 5.41) is 0.834. The maximum atomic E-state index is 12.9. The van der Waals surface area contributed by atoms with Crippen molar-refractivity contribution < 1.29 is 17.9 Å². The Kier molecular flexibility index (Phi) is 6.66. The lowest BCUT2D eigenvalue weighted by atomic mass is 10.2. The molecular weight excluding hydrogens is 434 g/mol. The summed E-state index contributed by atoms with van der Waals surface area (Å²) in [6.45, 7) is 3.71. The second-order valence-corrected chi connectivity index (χ2v) is 10.6. The molecule has 164 valence electrons. The van der Waals surface area contributed by atoms with E-state index >= 15 is 0 Å². The molecule has 0 saturated carbocycles. The van der Waals surface area contributed by atoms with Crippen LogP contribution in [0.2, 0.25) is 0 Å². The van der Waals surface area contributed by atoms with Crippen LogP contribution in [0.15, 0.2) is 53.4 Å². The zero-order valence-corrected chi connectivity index (χ0v) is 19.0. The Hall–Kier alpha value is -2.33. The third-order valence-electron chi connectivity index (χ3n) is 5.26. The highest BCUT2D eigenvalue weighted by Gasteiger charge is 2.28. The minimum atomic E-state index is -3.56. The van der Waals surface area contributed by atoms with Gasteiger partial charge in [0.05, 0.1) is 21.7 Å². The predicted molar refractivity (Wildman–Crippen MR) is 120 cm³/mol. The molecule has 2 heterocycles. The van der Waals surface area contributed by atoms with Gasteiger partial charge in [0, 0.05) is 26.2 Å². The van der Waals surface area contributed by atoms with Crippen LogP contribution in [0, 0.1) is 6.92 Å². The molecule has 3 aromatic rings. The molecule has 0 unspecified atom stereocenters. The number of carbonyl (C=O) groups is 1. The number of ether oxygens (including phenoxy) is 1. The molecule has 4 rings (SSSR count). The van der Waals surface area contributed by atoms with E-state index in [1.807, 2.05) is 31.2 Å². The zero-order valence-electron chi connectivity index (χ0n) is 17.4. The van der Waals surface area contributed by atoms with Crippen LogP contribution in [-0.4, -0.2) is 61.3 Å². The number of benzene rings is 2. The number of fused-ring (bicyclic) bond motifs is 1. The first-order chi connectivity index (χ1) is 14.9. The van der Waals surface area contributed by atoms with E-state index in [1.54, 1.807) is 40.5 Å². The van der Waals surface area contributed by atoms with Crippen molar-refractivity contribution in [3.05, 3.63) is 59.1 Å². The summed E-state index contributed by atoms with van der Waals surface area (Å²) in [5.41, 5.74) is 1.94. The maximum absolute atomic E-state index is 12.9. The molecule has 0 radical (unpaired) electrons. The van der Waals surface area contributed by atoms with Gasteiger partial charge in [0.15, 0.2) is 0 Å². The van der Waals surface area contributed by atoms with Crippen LogP contribution in [0.3, 0.4) is 0 Å². The molecular formula is C22H25N3O4S2. The molecule has 0 bridgehead atoms. The number of hydrogen-bond donors (Lipinski definition) is 0. The highest BCUT2D eigenvalue weighted by molar-refractivity contribution is 7.89. The van der Waals surface area contributed by atoms with Crippen molar-refractivity contribution in [3.63, 3.8) is 0 Å². The van der Waals surface area contributed by atoms with Crippen molar-refractivity contribution in [2.75, 3.05) is 32.8 Å². The number of rotatable bonds is 6. The van der Waals surface area contributed by atoms with Gasteiger partial charge in [0.1, 0.15) is 11.6 Å². The van der Waals surface area contributed by atoms with Gasteiger partial charge < -0.3 is 9.64 Å². The van der Waals surface area contributed by atoms with Gasteiger partial charge >= 0.3 is 0 Å². The summed E-state index contributed by atoms with van der Waals surface area (Å²) >= 11 is 1.56. The van der Waals surface area contributed by atoms with E-state index < -0.39 is 10.0 Å². The van der Waals surface area contributed by atoms with Crippen LogP contribution in [-0.2, 0) is 26.2 Å². The predicted octanol–water partition coefficient (Wildman–Crippen LogP) is 3.04. The van der Waals surface area contributed by atoms with Crippen molar-refractivity contribution in [2.45, 2.75) is 24.8 Å². The summed E-state index contributed by atoms with van der Waals surface area (Å²) in [4.78, 5) is 19.1. The van der Waals surface area contributed by atoms with Crippen molar-refractivity contribution in [1.29, 1.82) is 0 Å². The Labute approximate surface area is 186 Å². The van der Waals surface area contributed by atoms with E-state index in [0.717, 1.165) is 20.8 Å². The molecule has 0 N–H and O–H groups in total. The van der Waals surface area contributed by atoms with E-state index in [0.29, 0.717) is 26.1 Å². The highest BCUT2D eigenvalue weighted by Crippen LogP contribution is 2.22. The molecule has 31 heavy (non-hydrogen) atoms. The molecule has 0 spiro atoms. The number of amides is 1. The Balaban J connectivity index is 1.30. The fraction of sp³-hybridized carbons (Fsp3) is 0.364. The third-order valence-corrected chi connectivity index (χ3v) is 8.18. The van der Waals surface area contributed by atoms with Crippen LogP contribution < -0.4 is 0 Å². The average molecular weight is 460 g/mol. The smallest absolute Gasteiger partial charge is 0.248 e. The van der Waals surface area contributed by atoms with Crippen molar-refractivity contribution in [1.82, 2.24) is 14.2 Å². The minimum absolute atomic E-state index is 0.0410. The molecule has 1 saturated heterocycles. The first-order valence-corrected chi connectivity index (χ1v) is 12.5. The number of para-hydroxylation sites is 1. The number of sulfonamides is 1. The normalized spacial score (nSPS) is 15.8. The second kappa shape index (κ2) is 9.44. The lowest BCUT2D eigenvalue weighted by Crippen LogP contribution is -2.38. The Morgan fingerprint density at radius 2 is 1.84 bits per heavy atom. The number of carbonyl (C=O) groups excluding carboxylic acids is 1. The average Bonchev–Trinajstić information content (AvgIpc) is 2.99. The van der Waals surface area contributed by atoms with Crippen molar-refractivity contribution in [2.24, 2.45) is 0 Å². The van der Waals surface area contributed by atoms with Gasteiger partial charge in [-0.05, 0) is 37.6 Å². The fourth-order valence-electron chi connectivity index (χ4n) is 3.54. The van der Waals surface area contributed by atoms with E-state index in [-0.39, 0.29) is 30.6 Å². The van der Waals surface area contributed by atoms with Gasteiger partial charge in [0.25, 0.3) is 0 Å². The Bertz CT molecular complexity index is 1130. The van der Waals surface area contributed by atoms with Gasteiger partial charge in [-0.25, -0.2) is 13.4 Å². The Morgan fingerprint density at radius 1 is 1.06 bits per heavy atom. The molecule has 1 aliphatic heterocycles. The van der Waals surface area contributed by atoms with Crippen LogP contribution in [0.25, 0.3) is 10.2 Å². The number of aryl methyl sites for hydroxylation is 1. The summed E-state index contributed by atoms with van der Waals surface area (Å²) in [5.74, 6) is -0.129. The highest BCUT2D eigenvalue weighted by atomic mass is 32.2. The van der Waals surface area contributed by atoms with Crippen molar-refractivity contribution >= 4 is 37.5 Å².